The molecule has 8 heteroatoms. The van der Waals surface area contributed by atoms with E-state index in [2.05, 4.69) is 25.3 Å². The Bertz CT molecular complexity index is 585. The van der Waals surface area contributed by atoms with Gasteiger partial charge in [-0.05, 0) is 5.56 Å². The summed E-state index contributed by atoms with van der Waals surface area (Å²) in [5.41, 5.74) is 0.498. The van der Waals surface area contributed by atoms with Gasteiger partial charge in [-0.15, -0.1) is 0 Å². The van der Waals surface area contributed by atoms with Crippen LogP contribution in [0.1, 0.15) is 17.4 Å². The maximum absolute atomic E-state index is 11.7. The van der Waals surface area contributed by atoms with E-state index in [-0.39, 0.29) is 6.54 Å². The fourth-order valence-corrected chi connectivity index (χ4v) is 1.71. The molecule has 21 heavy (non-hydrogen) atoms. The Morgan fingerprint density at radius 1 is 1.29 bits per heavy atom. The predicted molar refractivity (Wildman–Crippen MR) is 71.4 cm³/mol. The first-order valence-electron chi connectivity index (χ1n) is 6.24. The average Bonchev–Trinajstić information content (AvgIpc) is 2.98. The summed E-state index contributed by atoms with van der Waals surface area (Å²) in [5, 5.41) is 17.7. The molecule has 1 aromatic carbocycles. The molecule has 2 amide bonds. The lowest BCUT2D eigenvalue weighted by molar-refractivity contribution is -0.139. The Morgan fingerprint density at radius 3 is 2.67 bits per heavy atom. The zero-order chi connectivity index (χ0) is 15.1. The fourth-order valence-electron chi connectivity index (χ4n) is 1.71. The third-order valence-electron chi connectivity index (χ3n) is 2.70. The van der Waals surface area contributed by atoms with Crippen molar-refractivity contribution in [3.05, 3.63) is 48.1 Å². The van der Waals surface area contributed by atoms with Crippen LogP contribution in [0.3, 0.4) is 0 Å². The van der Waals surface area contributed by atoms with Crippen molar-refractivity contribution < 1.29 is 19.2 Å². The van der Waals surface area contributed by atoms with E-state index in [9.17, 15) is 14.7 Å². The number of carboxylic acids is 1. The molecule has 0 fully saturated rings. The first-order valence-corrected chi connectivity index (χ1v) is 6.24. The van der Waals surface area contributed by atoms with Gasteiger partial charge in [0.05, 0.1) is 0 Å². The van der Waals surface area contributed by atoms with E-state index >= 15 is 0 Å². The molecule has 0 spiro atoms. The molecule has 2 aromatic rings. The number of hydrogen-bond donors (Lipinski definition) is 3. The van der Waals surface area contributed by atoms with Gasteiger partial charge in [-0.3, -0.25) is 0 Å². The van der Waals surface area contributed by atoms with E-state index in [4.69, 9.17) is 0 Å². The number of nitrogens with one attached hydrogen (secondary N) is 2. The van der Waals surface area contributed by atoms with E-state index in [1.165, 1.54) is 6.39 Å². The summed E-state index contributed by atoms with van der Waals surface area (Å²) in [6.45, 7) is 0.270. The first-order chi connectivity index (χ1) is 10.2. The van der Waals surface area contributed by atoms with Crippen molar-refractivity contribution in [1.82, 2.24) is 20.8 Å². The number of urea groups is 1. The summed E-state index contributed by atoms with van der Waals surface area (Å²) in [7, 11) is 0. The highest BCUT2D eigenvalue weighted by molar-refractivity contribution is 5.83. The molecular formula is C13H14N4O4. The predicted octanol–water partition coefficient (Wildman–Crippen LogP) is 0.737. The smallest absolute Gasteiger partial charge is 0.330 e. The van der Waals surface area contributed by atoms with Crippen LogP contribution in [0.25, 0.3) is 0 Å². The number of rotatable bonds is 6. The minimum Gasteiger partial charge on any atom is -0.479 e. The number of carboxylic acid groups (broad SMARTS) is 1. The Kier molecular flexibility index (Phi) is 4.86. The Hall–Kier alpha value is -2.90. The monoisotopic (exact) mass is 290 g/mol. The number of carbonyl (C=O) groups excluding carboxylic acids is 1. The summed E-state index contributed by atoms with van der Waals surface area (Å²) < 4.78 is 4.56. The number of amides is 2. The van der Waals surface area contributed by atoms with E-state index in [0.29, 0.717) is 17.8 Å². The second-order valence-corrected chi connectivity index (χ2v) is 4.18. The maximum Gasteiger partial charge on any atom is 0.330 e. The molecule has 3 N–H and O–H groups in total. The van der Waals surface area contributed by atoms with Crippen LogP contribution in [0.5, 0.6) is 0 Å². The van der Waals surface area contributed by atoms with Gasteiger partial charge < -0.3 is 20.3 Å². The highest BCUT2D eigenvalue weighted by Crippen LogP contribution is 2.12. The van der Waals surface area contributed by atoms with Crippen LogP contribution in [-0.4, -0.2) is 33.8 Å². The van der Waals surface area contributed by atoms with Gasteiger partial charge in [0.2, 0.25) is 6.39 Å². The van der Waals surface area contributed by atoms with Crippen molar-refractivity contribution in [1.29, 1.82) is 0 Å². The van der Waals surface area contributed by atoms with Crippen LogP contribution in [0, 0.1) is 0 Å². The lowest BCUT2D eigenvalue weighted by atomic mass is 10.1. The molecule has 0 bridgehead atoms. The van der Waals surface area contributed by atoms with Crippen molar-refractivity contribution in [2.24, 2.45) is 0 Å². The van der Waals surface area contributed by atoms with Crippen molar-refractivity contribution >= 4 is 12.0 Å². The number of aliphatic carboxylic acids is 1. The standard InChI is InChI=1S/C13H14N4O4/c18-12(19)11(9-4-2-1-3-5-9)16-13(20)14-7-6-10-15-8-21-17-10/h1-5,8,11H,6-7H2,(H,18,19)(H2,14,16,20). The Morgan fingerprint density at radius 2 is 2.05 bits per heavy atom. The minimum atomic E-state index is -1.13. The molecule has 1 heterocycles. The second-order valence-electron chi connectivity index (χ2n) is 4.18. The lowest BCUT2D eigenvalue weighted by Crippen LogP contribution is -2.41. The van der Waals surface area contributed by atoms with Crippen LogP contribution in [0.15, 0.2) is 41.2 Å². The van der Waals surface area contributed by atoms with Gasteiger partial charge in [0.25, 0.3) is 0 Å². The number of carbonyl (C=O) groups is 2. The molecule has 0 radical (unpaired) electrons. The van der Waals surface area contributed by atoms with Crippen LogP contribution >= 0.6 is 0 Å². The maximum atomic E-state index is 11.7. The first kappa shape index (κ1) is 14.5. The van der Waals surface area contributed by atoms with Gasteiger partial charge >= 0.3 is 12.0 Å². The molecule has 1 aromatic heterocycles. The minimum absolute atomic E-state index is 0.270. The lowest BCUT2D eigenvalue weighted by Gasteiger charge is -2.15. The van der Waals surface area contributed by atoms with E-state index in [0.717, 1.165) is 0 Å². The number of hydrogen-bond acceptors (Lipinski definition) is 5. The quantitative estimate of drug-likeness (QED) is 0.722. The zero-order valence-corrected chi connectivity index (χ0v) is 11.0. The summed E-state index contributed by atoms with van der Waals surface area (Å²) in [6.07, 6.45) is 1.60. The third kappa shape index (κ3) is 4.30. The Labute approximate surface area is 120 Å². The van der Waals surface area contributed by atoms with Crippen molar-refractivity contribution in [3.8, 4) is 0 Å². The molecular weight excluding hydrogens is 276 g/mol. The highest BCUT2D eigenvalue weighted by Gasteiger charge is 2.21. The van der Waals surface area contributed by atoms with Crippen LogP contribution in [0.4, 0.5) is 4.79 Å². The van der Waals surface area contributed by atoms with E-state index in [1.807, 2.05) is 0 Å². The van der Waals surface area contributed by atoms with Crippen molar-refractivity contribution in [2.75, 3.05) is 6.54 Å². The highest BCUT2D eigenvalue weighted by atomic mass is 16.5. The number of aromatic nitrogens is 2. The summed E-state index contributed by atoms with van der Waals surface area (Å²) in [5.74, 6) is -0.664. The van der Waals surface area contributed by atoms with Gasteiger partial charge in [-0.1, -0.05) is 35.5 Å². The molecule has 0 aliphatic carbocycles. The van der Waals surface area contributed by atoms with Crippen LogP contribution in [0.2, 0.25) is 0 Å². The van der Waals surface area contributed by atoms with Crippen molar-refractivity contribution in [2.45, 2.75) is 12.5 Å². The van der Waals surface area contributed by atoms with E-state index in [1.54, 1.807) is 30.3 Å². The molecule has 0 saturated heterocycles. The van der Waals surface area contributed by atoms with Crippen LogP contribution in [-0.2, 0) is 11.2 Å². The topological polar surface area (TPSA) is 117 Å². The normalized spacial score (nSPS) is 11.6. The summed E-state index contributed by atoms with van der Waals surface area (Å²) >= 11 is 0. The summed E-state index contributed by atoms with van der Waals surface area (Å²) in [6, 6.07) is 6.79. The largest absolute Gasteiger partial charge is 0.479 e. The number of benzene rings is 1. The van der Waals surface area contributed by atoms with Gasteiger partial charge in [-0.2, -0.15) is 4.98 Å². The Balaban J connectivity index is 1.85. The second kappa shape index (κ2) is 7.04. The van der Waals surface area contributed by atoms with Gasteiger partial charge in [-0.25, -0.2) is 9.59 Å². The average molecular weight is 290 g/mol. The van der Waals surface area contributed by atoms with E-state index < -0.39 is 18.0 Å². The third-order valence-corrected chi connectivity index (χ3v) is 2.70. The zero-order valence-electron chi connectivity index (χ0n) is 11.0. The fraction of sp³-hybridized carbons (Fsp3) is 0.231. The summed E-state index contributed by atoms with van der Waals surface area (Å²) in [4.78, 5) is 26.7. The molecule has 1 atom stereocenters. The molecule has 110 valence electrons. The molecule has 0 aliphatic rings. The van der Waals surface area contributed by atoms with Gasteiger partial charge in [0, 0.05) is 13.0 Å². The molecule has 2 rings (SSSR count). The number of nitrogens with zero attached hydrogens (tertiary/aromatic N) is 2. The molecule has 0 saturated carbocycles. The SMILES string of the molecule is O=C(NCCc1ncon1)NC(C(=O)O)c1ccccc1. The van der Waals surface area contributed by atoms with Crippen molar-refractivity contribution in [3.63, 3.8) is 0 Å². The van der Waals surface area contributed by atoms with Gasteiger partial charge in [0.15, 0.2) is 11.9 Å². The van der Waals surface area contributed by atoms with Gasteiger partial charge in [0.1, 0.15) is 0 Å². The molecule has 8 nitrogen and oxygen atoms in total. The molecule has 0 aliphatic heterocycles. The molecule has 1 unspecified atom stereocenters. The van der Waals surface area contributed by atoms with Crippen LogP contribution < -0.4 is 10.6 Å².